The fourth-order valence-electron chi connectivity index (χ4n) is 3.64. The van der Waals surface area contributed by atoms with E-state index in [9.17, 15) is 14.4 Å². The van der Waals surface area contributed by atoms with Crippen molar-refractivity contribution in [1.29, 1.82) is 0 Å². The summed E-state index contributed by atoms with van der Waals surface area (Å²) in [7, 11) is 0. The lowest BCUT2D eigenvalue weighted by atomic mass is 9.84. The fraction of sp³-hybridized carbons (Fsp3) is 0.364. The number of rotatable bonds is 5. The molecule has 3 rings (SSSR count). The first kappa shape index (κ1) is 21.0. The summed E-state index contributed by atoms with van der Waals surface area (Å²) in [5.41, 5.74) is 2.64. The third kappa shape index (κ3) is 4.48. The van der Waals surface area contributed by atoms with Gasteiger partial charge in [0.2, 0.25) is 17.7 Å². The Bertz CT molecular complexity index is 934. The molecule has 1 atom stereocenters. The average molecular weight is 414 g/mol. The SMILES string of the molecule is Cc1cc(CNC(=O)C(C)(C)c2ccncc2)cc(Cl)c1C1CCC(=O)NC1=O. The summed E-state index contributed by atoms with van der Waals surface area (Å²) in [6, 6.07) is 7.35. The van der Waals surface area contributed by atoms with Gasteiger partial charge in [0, 0.05) is 30.4 Å². The highest BCUT2D eigenvalue weighted by molar-refractivity contribution is 6.32. The monoisotopic (exact) mass is 413 g/mol. The number of pyridine rings is 1. The maximum atomic E-state index is 12.7. The number of hydrogen-bond donors (Lipinski definition) is 2. The predicted molar refractivity (Wildman–Crippen MR) is 110 cm³/mol. The number of nitrogens with one attached hydrogen (secondary N) is 2. The summed E-state index contributed by atoms with van der Waals surface area (Å²) >= 11 is 6.49. The Morgan fingerprint density at radius 1 is 1.28 bits per heavy atom. The van der Waals surface area contributed by atoms with Crippen molar-refractivity contribution >= 4 is 29.3 Å². The van der Waals surface area contributed by atoms with E-state index in [0.29, 0.717) is 24.4 Å². The van der Waals surface area contributed by atoms with E-state index in [1.165, 1.54) is 0 Å². The van der Waals surface area contributed by atoms with E-state index in [0.717, 1.165) is 22.3 Å². The number of hydrogen-bond acceptors (Lipinski definition) is 4. The van der Waals surface area contributed by atoms with Gasteiger partial charge in [-0.15, -0.1) is 0 Å². The molecule has 1 aromatic heterocycles. The largest absolute Gasteiger partial charge is 0.351 e. The highest BCUT2D eigenvalue weighted by Gasteiger charge is 2.31. The number of carbonyl (C=O) groups is 3. The normalized spacial score (nSPS) is 17.0. The molecule has 2 N–H and O–H groups in total. The molecule has 1 aliphatic heterocycles. The molecule has 0 radical (unpaired) electrons. The van der Waals surface area contributed by atoms with Crippen molar-refractivity contribution in [1.82, 2.24) is 15.6 Å². The summed E-state index contributed by atoms with van der Waals surface area (Å²) in [5.74, 6) is -1.11. The Kier molecular flexibility index (Phi) is 6.03. The zero-order valence-electron chi connectivity index (χ0n) is 16.7. The number of benzene rings is 1. The molecule has 0 spiro atoms. The third-order valence-electron chi connectivity index (χ3n) is 5.41. The number of aryl methyl sites for hydroxylation is 1. The maximum absolute atomic E-state index is 12.7. The number of imide groups is 1. The van der Waals surface area contributed by atoms with Crippen molar-refractivity contribution in [2.24, 2.45) is 0 Å². The van der Waals surface area contributed by atoms with Crippen LogP contribution in [0.5, 0.6) is 0 Å². The van der Waals surface area contributed by atoms with Gasteiger partial charge >= 0.3 is 0 Å². The van der Waals surface area contributed by atoms with Crippen LogP contribution >= 0.6 is 11.6 Å². The molecule has 1 aromatic carbocycles. The standard InChI is InChI=1S/C22H24ClN3O3/c1-13-10-14(11-17(23)19(13)16-4-5-18(27)26-20(16)28)12-25-21(29)22(2,3)15-6-8-24-9-7-15/h6-11,16H,4-5,12H2,1-3H3,(H,25,29)(H,26,27,28). The van der Waals surface area contributed by atoms with Crippen molar-refractivity contribution < 1.29 is 14.4 Å². The predicted octanol–water partition coefficient (Wildman–Crippen LogP) is 3.16. The van der Waals surface area contributed by atoms with Gasteiger partial charge in [0.15, 0.2) is 0 Å². The van der Waals surface area contributed by atoms with E-state index in [1.54, 1.807) is 18.5 Å². The molecule has 1 unspecified atom stereocenters. The summed E-state index contributed by atoms with van der Waals surface area (Å²) in [4.78, 5) is 40.3. The minimum absolute atomic E-state index is 0.105. The molecule has 0 saturated carbocycles. The summed E-state index contributed by atoms with van der Waals surface area (Å²) < 4.78 is 0. The first-order valence-corrected chi connectivity index (χ1v) is 9.89. The van der Waals surface area contributed by atoms with E-state index >= 15 is 0 Å². The highest BCUT2D eigenvalue weighted by Crippen LogP contribution is 2.34. The second-order valence-corrected chi connectivity index (χ2v) is 8.26. The first-order valence-electron chi connectivity index (χ1n) is 9.51. The van der Waals surface area contributed by atoms with Crippen LogP contribution in [-0.2, 0) is 26.3 Å². The summed E-state index contributed by atoms with van der Waals surface area (Å²) in [5, 5.41) is 5.80. The second kappa shape index (κ2) is 8.33. The molecule has 152 valence electrons. The lowest BCUT2D eigenvalue weighted by Gasteiger charge is -2.25. The van der Waals surface area contributed by atoms with Gasteiger partial charge in [-0.05, 0) is 67.6 Å². The fourth-order valence-corrected chi connectivity index (χ4v) is 4.06. The Morgan fingerprint density at radius 3 is 2.59 bits per heavy atom. The van der Waals surface area contributed by atoms with Crippen LogP contribution in [0, 0.1) is 6.92 Å². The number of halogens is 1. The van der Waals surface area contributed by atoms with Gasteiger partial charge in [-0.2, -0.15) is 0 Å². The molecule has 6 nitrogen and oxygen atoms in total. The first-order chi connectivity index (χ1) is 13.7. The van der Waals surface area contributed by atoms with Crippen LogP contribution in [0.15, 0.2) is 36.7 Å². The van der Waals surface area contributed by atoms with Crippen molar-refractivity contribution in [2.75, 3.05) is 0 Å². The Labute approximate surface area is 175 Å². The molecule has 0 aliphatic carbocycles. The molecular formula is C22H24ClN3O3. The van der Waals surface area contributed by atoms with E-state index in [1.807, 2.05) is 39.0 Å². The number of nitrogens with zero attached hydrogens (tertiary/aromatic N) is 1. The number of aromatic nitrogens is 1. The lowest BCUT2D eigenvalue weighted by molar-refractivity contribution is -0.134. The van der Waals surface area contributed by atoms with Crippen LogP contribution in [0.25, 0.3) is 0 Å². The van der Waals surface area contributed by atoms with E-state index < -0.39 is 11.3 Å². The van der Waals surface area contributed by atoms with Crippen molar-refractivity contribution in [2.45, 2.75) is 51.5 Å². The van der Waals surface area contributed by atoms with Crippen LogP contribution in [-0.4, -0.2) is 22.7 Å². The van der Waals surface area contributed by atoms with Crippen LogP contribution in [0.1, 0.15) is 54.9 Å². The molecule has 29 heavy (non-hydrogen) atoms. The molecule has 3 amide bonds. The van der Waals surface area contributed by atoms with Gasteiger partial charge in [0.25, 0.3) is 0 Å². The van der Waals surface area contributed by atoms with Crippen molar-refractivity contribution in [3.05, 3.63) is 63.9 Å². The molecule has 2 heterocycles. The number of piperidine rings is 1. The minimum atomic E-state index is -0.700. The second-order valence-electron chi connectivity index (χ2n) is 7.86. The van der Waals surface area contributed by atoms with Gasteiger partial charge in [-0.1, -0.05) is 17.7 Å². The van der Waals surface area contributed by atoms with Crippen molar-refractivity contribution in [3.63, 3.8) is 0 Å². The number of carbonyl (C=O) groups excluding carboxylic acids is 3. The number of amides is 3. The Hall–Kier alpha value is -2.73. The molecular weight excluding hydrogens is 390 g/mol. The topological polar surface area (TPSA) is 88.2 Å². The summed E-state index contributed by atoms with van der Waals surface area (Å²) in [6.45, 7) is 5.94. The molecule has 2 aromatic rings. The quantitative estimate of drug-likeness (QED) is 0.737. The molecule has 0 bridgehead atoms. The third-order valence-corrected chi connectivity index (χ3v) is 5.72. The van der Waals surface area contributed by atoms with Crippen LogP contribution < -0.4 is 10.6 Å². The van der Waals surface area contributed by atoms with Crippen molar-refractivity contribution in [3.8, 4) is 0 Å². The molecule has 7 heteroatoms. The van der Waals surface area contributed by atoms with E-state index in [2.05, 4.69) is 15.6 Å². The zero-order chi connectivity index (χ0) is 21.2. The maximum Gasteiger partial charge on any atom is 0.234 e. The van der Waals surface area contributed by atoms with Gasteiger partial charge in [-0.25, -0.2) is 0 Å². The Balaban J connectivity index is 1.73. The molecule has 1 fully saturated rings. The molecule has 1 saturated heterocycles. The van der Waals surface area contributed by atoms with E-state index in [-0.39, 0.29) is 17.7 Å². The van der Waals surface area contributed by atoms with Gasteiger partial charge in [-0.3, -0.25) is 24.7 Å². The van der Waals surface area contributed by atoms with Crippen LogP contribution in [0.2, 0.25) is 5.02 Å². The average Bonchev–Trinajstić information content (AvgIpc) is 2.67. The highest BCUT2D eigenvalue weighted by atomic mass is 35.5. The molecule has 1 aliphatic rings. The minimum Gasteiger partial charge on any atom is -0.351 e. The lowest BCUT2D eigenvalue weighted by Crippen LogP contribution is -2.40. The van der Waals surface area contributed by atoms with Gasteiger partial charge < -0.3 is 5.32 Å². The van der Waals surface area contributed by atoms with Gasteiger partial charge in [0.1, 0.15) is 0 Å². The van der Waals surface area contributed by atoms with Crippen LogP contribution in [0.4, 0.5) is 0 Å². The summed E-state index contributed by atoms with van der Waals surface area (Å²) in [6.07, 6.45) is 4.08. The Morgan fingerprint density at radius 2 is 1.97 bits per heavy atom. The van der Waals surface area contributed by atoms with Gasteiger partial charge in [0.05, 0.1) is 11.3 Å². The zero-order valence-corrected chi connectivity index (χ0v) is 17.5. The smallest absolute Gasteiger partial charge is 0.234 e. The van der Waals surface area contributed by atoms with Crippen LogP contribution in [0.3, 0.4) is 0 Å². The van der Waals surface area contributed by atoms with E-state index in [4.69, 9.17) is 11.6 Å².